The van der Waals surface area contributed by atoms with Crippen molar-refractivity contribution in [3.05, 3.63) is 57.7 Å². The van der Waals surface area contributed by atoms with Crippen molar-refractivity contribution in [2.24, 2.45) is 7.05 Å². The molecule has 2 heterocycles. The molecular formula is C21H19Cl2F3N3O4S+. The SMILES string of the molecule is CN1/C(=C\c2oc3ccc(Cl)cc3[n+]2C)N(CCCS(=O)(=O)O)c2cc(C(F)(F)F)c(Cl)cc21. The number of aryl methyl sites for hydroxylation is 1. The highest BCUT2D eigenvalue weighted by Crippen LogP contribution is 2.47. The van der Waals surface area contributed by atoms with E-state index in [2.05, 4.69) is 0 Å². The number of oxazole rings is 1. The maximum atomic E-state index is 13.5. The average Bonchev–Trinajstić information content (AvgIpc) is 3.15. The first-order chi connectivity index (χ1) is 15.8. The van der Waals surface area contributed by atoms with Crippen LogP contribution < -0.4 is 14.4 Å². The smallest absolute Gasteiger partial charge is 0.398 e. The van der Waals surface area contributed by atoms with Gasteiger partial charge < -0.3 is 14.2 Å². The molecule has 0 radical (unpaired) electrons. The molecular weight excluding hydrogens is 518 g/mol. The summed E-state index contributed by atoms with van der Waals surface area (Å²) < 4.78 is 79.7. The summed E-state index contributed by atoms with van der Waals surface area (Å²) in [6, 6.07) is 7.24. The monoisotopic (exact) mass is 536 g/mol. The van der Waals surface area contributed by atoms with Crippen molar-refractivity contribution in [3.63, 3.8) is 0 Å². The van der Waals surface area contributed by atoms with Crippen molar-refractivity contribution in [3.8, 4) is 0 Å². The molecule has 0 atom stereocenters. The van der Waals surface area contributed by atoms with Crippen molar-refractivity contribution >= 4 is 61.9 Å². The molecule has 0 bridgehead atoms. The molecule has 1 aliphatic rings. The van der Waals surface area contributed by atoms with Crippen LogP contribution in [0.5, 0.6) is 0 Å². The van der Waals surface area contributed by atoms with E-state index in [-0.39, 0.29) is 18.7 Å². The minimum atomic E-state index is -4.68. The maximum absolute atomic E-state index is 13.5. The lowest BCUT2D eigenvalue weighted by atomic mass is 10.1. The second-order valence-corrected chi connectivity index (χ2v) is 10.2. The fraction of sp³-hybridized carbons (Fsp3) is 0.286. The van der Waals surface area contributed by atoms with Crippen LogP contribution in [0.25, 0.3) is 17.2 Å². The fourth-order valence-electron chi connectivity index (χ4n) is 3.87. The summed E-state index contributed by atoms with van der Waals surface area (Å²) >= 11 is 12.0. The third-order valence-corrected chi connectivity index (χ3v) is 6.86. The molecule has 0 amide bonds. The summed E-state index contributed by atoms with van der Waals surface area (Å²) in [7, 11) is -0.848. The van der Waals surface area contributed by atoms with E-state index >= 15 is 0 Å². The highest BCUT2D eigenvalue weighted by molar-refractivity contribution is 7.85. The largest absolute Gasteiger partial charge is 0.417 e. The number of anilines is 2. The number of fused-ring (bicyclic) bond motifs is 2. The fourth-order valence-corrected chi connectivity index (χ4v) is 4.80. The Morgan fingerprint density at radius 1 is 1.18 bits per heavy atom. The third kappa shape index (κ3) is 4.70. The third-order valence-electron chi connectivity index (χ3n) is 5.51. The Bertz CT molecular complexity index is 1420. The summed E-state index contributed by atoms with van der Waals surface area (Å²) in [6.45, 7) is 0.0116. The van der Waals surface area contributed by atoms with Crippen LogP contribution in [0.15, 0.2) is 40.6 Å². The van der Waals surface area contributed by atoms with Gasteiger partial charge in [-0.3, -0.25) is 4.55 Å². The van der Waals surface area contributed by atoms with Crippen molar-refractivity contribution in [1.82, 2.24) is 0 Å². The highest BCUT2D eigenvalue weighted by atomic mass is 35.5. The van der Waals surface area contributed by atoms with Crippen LogP contribution in [-0.4, -0.2) is 32.3 Å². The Hall–Kier alpha value is -2.47. The molecule has 7 nitrogen and oxygen atoms in total. The van der Waals surface area contributed by atoms with Crippen molar-refractivity contribution < 1.29 is 35.1 Å². The van der Waals surface area contributed by atoms with E-state index in [1.807, 2.05) is 0 Å². The zero-order valence-corrected chi connectivity index (χ0v) is 20.2. The molecule has 3 aromatic rings. The van der Waals surface area contributed by atoms with E-state index in [1.54, 1.807) is 47.8 Å². The molecule has 1 N–H and O–H groups in total. The summed E-state index contributed by atoms with van der Waals surface area (Å²) in [5.41, 5.74) is 0.849. The molecule has 0 unspecified atom stereocenters. The van der Waals surface area contributed by atoms with Crippen LogP contribution in [-0.2, 0) is 23.3 Å². The Labute approximate surface area is 203 Å². The molecule has 0 saturated heterocycles. The van der Waals surface area contributed by atoms with Crippen LogP contribution in [0.1, 0.15) is 17.9 Å². The molecule has 1 aliphatic heterocycles. The molecule has 2 aromatic carbocycles. The Kier molecular flexibility index (Phi) is 6.26. The first kappa shape index (κ1) is 24.6. The number of alkyl halides is 3. The molecule has 13 heteroatoms. The number of aromatic nitrogens is 1. The minimum absolute atomic E-state index is 0.0116. The van der Waals surface area contributed by atoms with Gasteiger partial charge in [0.1, 0.15) is 12.9 Å². The first-order valence-corrected chi connectivity index (χ1v) is 12.3. The van der Waals surface area contributed by atoms with Gasteiger partial charge in [0.15, 0.2) is 0 Å². The zero-order chi connectivity index (χ0) is 25.0. The standard InChI is InChI=1S/C21H18Cl2F3N3O4S/c1-27-15-10-14(23)13(21(24,25)26)9-16(15)29(6-3-7-34(30,31)32)19(27)11-20-28(2)17-8-12(22)4-5-18(17)33-20/h4-5,8-11H,3,6-7H2,1-2H3/p+1. The molecule has 34 heavy (non-hydrogen) atoms. The number of nitrogens with zero attached hydrogens (tertiary/aromatic N) is 3. The highest BCUT2D eigenvalue weighted by Gasteiger charge is 2.38. The van der Waals surface area contributed by atoms with Gasteiger partial charge in [0.2, 0.25) is 5.58 Å². The number of rotatable bonds is 5. The van der Waals surface area contributed by atoms with Gasteiger partial charge in [-0.15, -0.1) is 0 Å². The number of hydrogen-bond donors (Lipinski definition) is 1. The molecule has 182 valence electrons. The minimum Gasteiger partial charge on any atom is -0.398 e. The van der Waals surface area contributed by atoms with Gasteiger partial charge in [-0.2, -0.15) is 26.2 Å². The van der Waals surface area contributed by atoms with Crippen LogP contribution >= 0.6 is 23.2 Å². The molecule has 0 spiro atoms. The maximum Gasteiger partial charge on any atom is 0.417 e. The van der Waals surface area contributed by atoms with Crippen molar-refractivity contribution in [1.29, 1.82) is 0 Å². The molecule has 0 fully saturated rings. The number of hydrogen-bond acceptors (Lipinski definition) is 5. The van der Waals surface area contributed by atoms with E-state index < -0.39 is 32.6 Å². The Morgan fingerprint density at radius 3 is 2.53 bits per heavy atom. The lowest BCUT2D eigenvalue weighted by Gasteiger charge is -2.22. The van der Waals surface area contributed by atoms with Gasteiger partial charge >= 0.3 is 12.1 Å². The second kappa shape index (κ2) is 8.63. The molecule has 1 aromatic heterocycles. The summed E-state index contributed by atoms with van der Waals surface area (Å²) in [5.74, 6) is 0.266. The van der Waals surface area contributed by atoms with E-state index in [9.17, 15) is 21.6 Å². The summed E-state index contributed by atoms with van der Waals surface area (Å²) in [6.07, 6.45) is -3.08. The van der Waals surface area contributed by atoms with E-state index in [1.165, 1.54) is 11.0 Å². The number of halogens is 5. The predicted octanol–water partition coefficient (Wildman–Crippen LogP) is 5.12. The van der Waals surface area contributed by atoms with Crippen LogP contribution in [0.4, 0.5) is 24.5 Å². The molecule has 0 aliphatic carbocycles. The van der Waals surface area contributed by atoms with Crippen LogP contribution in [0.2, 0.25) is 10.0 Å². The van der Waals surface area contributed by atoms with E-state index in [0.717, 1.165) is 6.07 Å². The first-order valence-electron chi connectivity index (χ1n) is 9.93. The normalized spacial score (nSPS) is 15.6. The zero-order valence-electron chi connectivity index (χ0n) is 17.9. The second-order valence-electron chi connectivity index (χ2n) is 7.78. The van der Waals surface area contributed by atoms with Gasteiger partial charge in [0.25, 0.3) is 15.6 Å². The van der Waals surface area contributed by atoms with E-state index in [4.69, 9.17) is 32.2 Å². The van der Waals surface area contributed by atoms with Gasteiger partial charge in [0, 0.05) is 24.7 Å². The van der Waals surface area contributed by atoms with Crippen molar-refractivity contribution in [2.75, 3.05) is 29.1 Å². The molecule has 0 saturated carbocycles. The topological polar surface area (TPSA) is 77.9 Å². The Morgan fingerprint density at radius 2 is 1.88 bits per heavy atom. The van der Waals surface area contributed by atoms with Crippen LogP contribution in [0.3, 0.4) is 0 Å². The average molecular weight is 537 g/mol. The van der Waals surface area contributed by atoms with Gasteiger partial charge in [0.05, 0.1) is 33.8 Å². The van der Waals surface area contributed by atoms with Gasteiger partial charge in [-0.05, 0) is 30.7 Å². The lowest BCUT2D eigenvalue weighted by molar-refractivity contribution is -0.652. The quantitative estimate of drug-likeness (QED) is 0.360. The predicted molar refractivity (Wildman–Crippen MR) is 124 cm³/mol. The summed E-state index contributed by atoms with van der Waals surface area (Å²) in [4.78, 5) is 3.17. The summed E-state index contributed by atoms with van der Waals surface area (Å²) in [5, 5.41) is 0.0517. The molecule has 4 rings (SSSR count). The van der Waals surface area contributed by atoms with Gasteiger partial charge in [-0.25, -0.2) is 0 Å². The Balaban J connectivity index is 1.83. The van der Waals surface area contributed by atoms with E-state index in [0.29, 0.717) is 33.5 Å². The van der Waals surface area contributed by atoms with Crippen molar-refractivity contribution in [2.45, 2.75) is 12.6 Å². The number of benzene rings is 2. The van der Waals surface area contributed by atoms with Gasteiger partial charge in [-0.1, -0.05) is 23.2 Å². The lowest BCUT2D eigenvalue weighted by Crippen LogP contribution is -2.32. The van der Waals surface area contributed by atoms with Crippen LogP contribution in [0, 0.1) is 0 Å².